The molecule has 0 saturated carbocycles. The highest BCUT2D eigenvalue weighted by molar-refractivity contribution is 6.04. The van der Waals surface area contributed by atoms with Crippen molar-refractivity contribution in [3.05, 3.63) is 35.5 Å². The van der Waals surface area contributed by atoms with Crippen LogP contribution in [-0.4, -0.2) is 47.0 Å². The van der Waals surface area contributed by atoms with E-state index in [0.29, 0.717) is 22.0 Å². The largest absolute Gasteiger partial charge is 0.466 e. The highest BCUT2D eigenvalue weighted by atomic mass is 16.5. The summed E-state index contributed by atoms with van der Waals surface area (Å²) >= 11 is 0. The predicted molar refractivity (Wildman–Crippen MR) is 81.9 cm³/mol. The Morgan fingerprint density at radius 3 is 2.70 bits per heavy atom. The van der Waals surface area contributed by atoms with Crippen molar-refractivity contribution in [1.29, 1.82) is 0 Å². The molecule has 0 amide bonds. The lowest BCUT2D eigenvalue weighted by Gasteiger charge is -2.17. The number of aliphatic hydroxyl groups is 2. The number of hydrogen-bond acceptors (Lipinski definition) is 6. The van der Waals surface area contributed by atoms with Crippen molar-refractivity contribution in [2.75, 3.05) is 13.7 Å². The standard InChI is InChI=1S/C16H19NO6/c1-3-23-14(19)7-13(18)15(20)9-4-5-12-10(6-9)11(8-17-12)16(21)22-2/h4-6,8,13,15,17-18,20H,3,7H2,1-2H3. The Balaban J connectivity index is 2.25. The van der Waals surface area contributed by atoms with Crippen LogP contribution < -0.4 is 0 Å². The average Bonchev–Trinajstić information content (AvgIpc) is 2.96. The highest BCUT2D eigenvalue weighted by Crippen LogP contribution is 2.26. The zero-order chi connectivity index (χ0) is 17.0. The molecule has 1 aromatic heterocycles. The van der Waals surface area contributed by atoms with E-state index in [2.05, 4.69) is 4.98 Å². The molecular formula is C16H19NO6. The van der Waals surface area contributed by atoms with Gasteiger partial charge in [0.25, 0.3) is 0 Å². The second kappa shape index (κ2) is 7.26. The molecule has 7 nitrogen and oxygen atoms in total. The Morgan fingerprint density at radius 1 is 1.30 bits per heavy atom. The molecule has 2 rings (SSSR count). The Hall–Kier alpha value is -2.38. The van der Waals surface area contributed by atoms with Gasteiger partial charge in [-0.05, 0) is 24.6 Å². The number of nitrogens with one attached hydrogen (secondary N) is 1. The maximum Gasteiger partial charge on any atom is 0.340 e. The zero-order valence-electron chi connectivity index (χ0n) is 12.9. The number of aliphatic hydroxyl groups excluding tert-OH is 2. The molecule has 0 aliphatic carbocycles. The van der Waals surface area contributed by atoms with Gasteiger partial charge in [-0.2, -0.15) is 0 Å². The van der Waals surface area contributed by atoms with Gasteiger partial charge in [-0.3, -0.25) is 4.79 Å². The van der Waals surface area contributed by atoms with Crippen molar-refractivity contribution in [2.45, 2.75) is 25.6 Å². The number of carbonyl (C=O) groups excluding carboxylic acids is 2. The SMILES string of the molecule is CCOC(=O)CC(O)C(O)c1ccc2[nH]cc(C(=O)OC)c2c1. The second-order valence-electron chi connectivity index (χ2n) is 5.02. The smallest absolute Gasteiger partial charge is 0.340 e. The van der Waals surface area contributed by atoms with E-state index in [-0.39, 0.29) is 13.0 Å². The number of benzene rings is 1. The fourth-order valence-corrected chi connectivity index (χ4v) is 2.33. The van der Waals surface area contributed by atoms with Crippen molar-refractivity contribution in [3.63, 3.8) is 0 Å². The molecule has 0 radical (unpaired) electrons. The van der Waals surface area contributed by atoms with Crippen molar-refractivity contribution in [2.24, 2.45) is 0 Å². The minimum Gasteiger partial charge on any atom is -0.466 e. The van der Waals surface area contributed by atoms with Crippen LogP contribution in [0.1, 0.15) is 35.4 Å². The molecule has 0 fully saturated rings. The summed E-state index contributed by atoms with van der Waals surface area (Å²) in [5, 5.41) is 20.7. The van der Waals surface area contributed by atoms with Gasteiger partial charge in [0.15, 0.2) is 0 Å². The van der Waals surface area contributed by atoms with Gasteiger partial charge in [0, 0.05) is 17.1 Å². The van der Waals surface area contributed by atoms with Crippen LogP contribution in [-0.2, 0) is 14.3 Å². The lowest BCUT2D eigenvalue weighted by atomic mass is 10.00. The van der Waals surface area contributed by atoms with E-state index in [0.717, 1.165) is 0 Å². The number of hydrogen-bond donors (Lipinski definition) is 3. The number of carbonyl (C=O) groups is 2. The molecule has 0 saturated heterocycles. The lowest BCUT2D eigenvalue weighted by Crippen LogP contribution is -2.23. The third-order valence-corrected chi connectivity index (χ3v) is 3.50. The van der Waals surface area contributed by atoms with Crippen LogP contribution in [0.25, 0.3) is 10.9 Å². The number of esters is 2. The molecule has 0 aliphatic rings. The zero-order valence-corrected chi connectivity index (χ0v) is 12.9. The summed E-state index contributed by atoms with van der Waals surface area (Å²) in [7, 11) is 1.28. The van der Waals surface area contributed by atoms with Crippen molar-refractivity contribution in [1.82, 2.24) is 4.98 Å². The van der Waals surface area contributed by atoms with Crippen LogP contribution in [0.2, 0.25) is 0 Å². The topological polar surface area (TPSA) is 109 Å². The fraction of sp³-hybridized carbons (Fsp3) is 0.375. The molecule has 7 heteroatoms. The van der Waals surface area contributed by atoms with E-state index in [1.54, 1.807) is 25.1 Å². The van der Waals surface area contributed by atoms with Crippen LogP contribution in [0.15, 0.2) is 24.4 Å². The maximum absolute atomic E-state index is 11.7. The van der Waals surface area contributed by atoms with Gasteiger partial charge in [0.1, 0.15) is 6.10 Å². The second-order valence-corrected chi connectivity index (χ2v) is 5.02. The van der Waals surface area contributed by atoms with E-state index < -0.39 is 24.1 Å². The minimum absolute atomic E-state index is 0.208. The third kappa shape index (κ3) is 3.69. The van der Waals surface area contributed by atoms with Crippen molar-refractivity contribution >= 4 is 22.8 Å². The number of methoxy groups -OCH3 is 1. The Kier molecular flexibility index (Phi) is 5.36. The van der Waals surface area contributed by atoms with E-state index >= 15 is 0 Å². The summed E-state index contributed by atoms with van der Waals surface area (Å²) in [5.74, 6) is -1.09. The van der Waals surface area contributed by atoms with Crippen LogP contribution in [0.4, 0.5) is 0 Å². The van der Waals surface area contributed by atoms with Gasteiger partial charge in [-0.1, -0.05) is 6.07 Å². The van der Waals surface area contributed by atoms with E-state index in [1.807, 2.05) is 0 Å². The average molecular weight is 321 g/mol. The first-order valence-electron chi connectivity index (χ1n) is 7.19. The normalized spacial score (nSPS) is 13.6. The molecule has 0 bridgehead atoms. The molecule has 2 unspecified atom stereocenters. The number of aromatic amines is 1. The van der Waals surface area contributed by atoms with Gasteiger partial charge in [-0.15, -0.1) is 0 Å². The summed E-state index contributed by atoms with van der Waals surface area (Å²) in [5.41, 5.74) is 1.41. The summed E-state index contributed by atoms with van der Waals surface area (Å²) in [6.07, 6.45) is -1.37. The maximum atomic E-state index is 11.7. The molecule has 1 heterocycles. The van der Waals surface area contributed by atoms with Gasteiger partial charge in [0.05, 0.1) is 31.8 Å². The number of fused-ring (bicyclic) bond motifs is 1. The monoisotopic (exact) mass is 321 g/mol. The lowest BCUT2D eigenvalue weighted by molar-refractivity contribution is -0.147. The first kappa shape index (κ1) is 17.0. The fourth-order valence-electron chi connectivity index (χ4n) is 2.33. The molecular weight excluding hydrogens is 302 g/mol. The van der Waals surface area contributed by atoms with Gasteiger partial charge >= 0.3 is 11.9 Å². The van der Waals surface area contributed by atoms with E-state index in [9.17, 15) is 19.8 Å². The Morgan fingerprint density at radius 2 is 2.04 bits per heavy atom. The quantitative estimate of drug-likeness (QED) is 0.692. The van der Waals surface area contributed by atoms with Crippen LogP contribution in [0.5, 0.6) is 0 Å². The Labute approximate surface area is 132 Å². The van der Waals surface area contributed by atoms with Gasteiger partial charge in [-0.25, -0.2) is 4.79 Å². The third-order valence-electron chi connectivity index (χ3n) is 3.50. The molecule has 0 aliphatic heterocycles. The number of rotatable bonds is 6. The van der Waals surface area contributed by atoms with Crippen LogP contribution in [0, 0.1) is 0 Å². The van der Waals surface area contributed by atoms with Crippen molar-refractivity contribution < 1.29 is 29.3 Å². The van der Waals surface area contributed by atoms with Crippen molar-refractivity contribution in [3.8, 4) is 0 Å². The molecule has 2 aromatic rings. The first-order valence-corrected chi connectivity index (χ1v) is 7.19. The van der Waals surface area contributed by atoms with Crippen LogP contribution in [0.3, 0.4) is 0 Å². The molecule has 1 aromatic carbocycles. The molecule has 23 heavy (non-hydrogen) atoms. The Bertz CT molecular complexity index is 708. The molecule has 124 valence electrons. The minimum atomic E-state index is -1.30. The summed E-state index contributed by atoms with van der Waals surface area (Å²) in [6.45, 7) is 1.87. The number of ether oxygens (including phenoxy) is 2. The summed E-state index contributed by atoms with van der Waals surface area (Å²) < 4.78 is 9.44. The number of aromatic nitrogens is 1. The number of H-pyrrole nitrogens is 1. The van der Waals surface area contributed by atoms with E-state index in [1.165, 1.54) is 13.3 Å². The van der Waals surface area contributed by atoms with Gasteiger partial charge < -0.3 is 24.7 Å². The summed E-state index contributed by atoms with van der Waals surface area (Å²) in [6, 6.07) is 4.87. The van der Waals surface area contributed by atoms with Gasteiger partial charge in [0.2, 0.25) is 0 Å². The molecule has 3 N–H and O–H groups in total. The highest BCUT2D eigenvalue weighted by Gasteiger charge is 2.23. The van der Waals surface area contributed by atoms with Crippen LogP contribution >= 0.6 is 0 Å². The summed E-state index contributed by atoms with van der Waals surface area (Å²) in [4.78, 5) is 26.0. The predicted octanol–water partition coefficient (Wildman–Crippen LogP) is 1.30. The molecule has 2 atom stereocenters. The first-order chi connectivity index (χ1) is 11.0. The van der Waals surface area contributed by atoms with E-state index in [4.69, 9.17) is 9.47 Å². The molecule has 0 spiro atoms.